The topological polar surface area (TPSA) is 51.2 Å². The molecule has 5 heteroatoms. The fraction of sp³-hybridized carbons (Fsp3) is 0.500. The Hall–Kier alpha value is -0.850. The van der Waals surface area contributed by atoms with E-state index in [1.165, 1.54) is 18.0 Å². The van der Waals surface area contributed by atoms with Crippen molar-refractivity contribution in [2.45, 2.75) is 19.3 Å². The van der Waals surface area contributed by atoms with E-state index >= 15 is 0 Å². The largest absolute Gasteiger partial charge is 0.480 e. The van der Waals surface area contributed by atoms with Crippen LogP contribution in [0.3, 0.4) is 0 Å². The molecule has 1 rings (SSSR count). The highest BCUT2D eigenvalue weighted by atomic mass is 127. The third-order valence-electron chi connectivity index (χ3n) is 2.31. The minimum Gasteiger partial charge on any atom is -0.480 e. The maximum Gasteiger partial charge on any atom is 0.256 e. The van der Waals surface area contributed by atoms with Gasteiger partial charge >= 0.3 is 0 Å². The molecule has 17 heavy (non-hydrogen) atoms. The Labute approximate surface area is 115 Å². The molecule has 94 valence electrons. The second-order valence-electron chi connectivity index (χ2n) is 3.57. The Morgan fingerprint density at radius 2 is 2.29 bits per heavy atom. The molecular formula is C12H17IN2O2. The number of carbonyl (C=O) groups is 1. The summed E-state index contributed by atoms with van der Waals surface area (Å²) in [5.41, 5.74) is 0.490. The first-order valence-electron chi connectivity index (χ1n) is 5.62. The Balaban J connectivity index is 2.41. The van der Waals surface area contributed by atoms with Crippen LogP contribution in [0.2, 0.25) is 0 Å². The first-order chi connectivity index (χ1) is 8.29. The van der Waals surface area contributed by atoms with Gasteiger partial charge in [-0.15, -0.1) is 0 Å². The number of rotatable bonds is 7. The average Bonchev–Trinajstić information content (AvgIpc) is 2.38. The number of ether oxygens (including phenoxy) is 1. The van der Waals surface area contributed by atoms with Crippen molar-refractivity contribution in [3.8, 4) is 5.88 Å². The number of aromatic nitrogens is 1. The SMILES string of the molecule is COc1ncccc1C(=O)NCCCCCI. The summed E-state index contributed by atoms with van der Waals surface area (Å²) in [6, 6.07) is 3.44. The molecule has 1 amide bonds. The van der Waals surface area contributed by atoms with Gasteiger partial charge in [0.1, 0.15) is 5.56 Å². The lowest BCUT2D eigenvalue weighted by atomic mass is 10.2. The summed E-state index contributed by atoms with van der Waals surface area (Å²) in [6.07, 6.45) is 4.97. The van der Waals surface area contributed by atoms with Gasteiger partial charge in [0.25, 0.3) is 5.91 Å². The number of halogens is 1. The van der Waals surface area contributed by atoms with Gasteiger partial charge in [0.15, 0.2) is 0 Å². The molecule has 0 spiro atoms. The van der Waals surface area contributed by atoms with Crippen LogP contribution in [0, 0.1) is 0 Å². The summed E-state index contributed by atoms with van der Waals surface area (Å²) in [4.78, 5) is 15.8. The predicted octanol–water partition coefficient (Wildman–Crippen LogP) is 2.43. The van der Waals surface area contributed by atoms with Gasteiger partial charge in [0.2, 0.25) is 5.88 Å². The van der Waals surface area contributed by atoms with Gasteiger partial charge in [-0.25, -0.2) is 4.98 Å². The van der Waals surface area contributed by atoms with Gasteiger partial charge in [0.05, 0.1) is 7.11 Å². The highest BCUT2D eigenvalue weighted by Gasteiger charge is 2.11. The van der Waals surface area contributed by atoms with Crippen molar-refractivity contribution < 1.29 is 9.53 Å². The smallest absolute Gasteiger partial charge is 0.256 e. The fourth-order valence-corrected chi connectivity index (χ4v) is 1.96. The zero-order valence-corrected chi connectivity index (χ0v) is 12.1. The number of hydrogen-bond acceptors (Lipinski definition) is 3. The first kappa shape index (κ1) is 14.2. The number of methoxy groups -OCH3 is 1. The summed E-state index contributed by atoms with van der Waals surface area (Å²) in [7, 11) is 1.51. The molecule has 0 aliphatic heterocycles. The van der Waals surface area contributed by atoms with Crippen LogP contribution in [0.4, 0.5) is 0 Å². The average molecular weight is 348 g/mol. The van der Waals surface area contributed by atoms with Crippen molar-refractivity contribution in [1.29, 1.82) is 0 Å². The van der Waals surface area contributed by atoms with Crippen molar-refractivity contribution in [1.82, 2.24) is 10.3 Å². The number of nitrogens with one attached hydrogen (secondary N) is 1. The third-order valence-corrected chi connectivity index (χ3v) is 3.07. The number of nitrogens with zero attached hydrogens (tertiary/aromatic N) is 1. The van der Waals surface area contributed by atoms with Crippen LogP contribution < -0.4 is 10.1 Å². The standard InChI is InChI=1S/C12H17IN2O2/c1-17-12-10(6-5-9-15-12)11(16)14-8-4-2-3-7-13/h5-6,9H,2-4,7-8H2,1H3,(H,14,16). The van der Waals surface area contributed by atoms with E-state index in [2.05, 4.69) is 32.9 Å². The molecule has 1 aromatic heterocycles. The van der Waals surface area contributed by atoms with Crippen LogP contribution in [-0.4, -0.2) is 29.0 Å². The van der Waals surface area contributed by atoms with Gasteiger partial charge in [-0.2, -0.15) is 0 Å². The van der Waals surface area contributed by atoms with E-state index < -0.39 is 0 Å². The maximum atomic E-state index is 11.8. The van der Waals surface area contributed by atoms with Crippen molar-refractivity contribution >= 4 is 28.5 Å². The van der Waals surface area contributed by atoms with Gasteiger partial charge in [0, 0.05) is 12.7 Å². The van der Waals surface area contributed by atoms with E-state index in [4.69, 9.17) is 4.74 Å². The monoisotopic (exact) mass is 348 g/mol. The van der Waals surface area contributed by atoms with E-state index in [9.17, 15) is 4.79 Å². The van der Waals surface area contributed by atoms with Crippen molar-refractivity contribution in [2.24, 2.45) is 0 Å². The van der Waals surface area contributed by atoms with Crippen LogP contribution >= 0.6 is 22.6 Å². The minimum atomic E-state index is -0.121. The Bertz CT molecular complexity index is 358. The Morgan fingerprint density at radius 1 is 1.47 bits per heavy atom. The van der Waals surface area contributed by atoms with Crippen LogP contribution in [0.25, 0.3) is 0 Å². The van der Waals surface area contributed by atoms with Gasteiger partial charge in [-0.1, -0.05) is 29.0 Å². The molecular weight excluding hydrogens is 331 g/mol. The highest BCUT2D eigenvalue weighted by Crippen LogP contribution is 2.12. The van der Waals surface area contributed by atoms with Gasteiger partial charge < -0.3 is 10.1 Å². The Morgan fingerprint density at radius 3 is 3.00 bits per heavy atom. The van der Waals surface area contributed by atoms with Crippen LogP contribution in [0.15, 0.2) is 18.3 Å². The number of pyridine rings is 1. The lowest BCUT2D eigenvalue weighted by Crippen LogP contribution is -2.25. The van der Waals surface area contributed by atoms with E-state index in [-0.39, 0.29) is 5.91 Å². The van der Waals surface area contributed by atoms with Crippen molar-refractivity contribution in [3.63, 3.8) is 0 Å². The van der Waals surface area contributed by atoms with E-state index in [1.807, 2.05) is 0 Å². The number of unbranched alkanes of at least 4 members (excludes halogenated alkanes) is 2. The molecule has 0 aromatic carbocycles. The quantitative estimate of drug-likeness (QED) is 0.468. The van der Waals surface area contributed by atoms with E-state index in [0.717, 1.165) is 12.8 Å². The molecule has 0 unspecified atom stereocenters. The fourth-order valence-electron chi connectivity index (χ4n) is 1.42. The van der Waals surface area contributed by atoms with Crippen LogP contribution in [-0.2, 0) is 0 Å². The summed E-state index contributed by atoms with van der Waals surface area (Å²) in [5, 5.41) is 2.87. The van der Waals surface area contributed by atoms with Gasteiger partial charge in [-0.05, 0) is 29.4 Å². The van der Waals surface area contributed by atoms with Crippen molar-refractivity contribution in [3.05, 3.63) is 23.9 Å². The zero-order chi connectivity index (χ0) is 12.5. The lowest BCUT2D eigenvalue weighted by Gasteiger charge is -2.07. The lowest BCUT2D eigenvalue weighted by molar-refractivity contribution is 0.0949. The molecule has 1 N–H and O–H groups in total. The van der Waals surface area contributed by atoms with Crippen molar-refractivity contribution in [2.75, 3.05) is 18.1 Å². The molecule has 0 saturated carbocycles. The second kappa shape index (κ2) is 8.27. The molecule has 0 radical (unpaired) electrons. The molecule has 0 atom stereocenters. The molecule has 1 aromatic rings. The van der Waals surface area contributed by atoms with Crippen LogP contribution in [0.1, 0.15) is 29.6 Å². The van der Waals surface area contributed by atoms with Crippen LogP contribution in [0.5, 0.6) is 5.88 Å². The summed E-state index contributed by atoms with van der Waals surface area (Å²) in [5.74, 6) is 0.252. The minimum absolute atomic E-state index is 0.121. The third kappa shape index (κ3) is 4.89. The number of carbonyl (C=O) groups excluding carboxylic acids is 1. The summed E-state index contributed by atoms with van der Waals surface area (Å²) >= 11 is 2.36. The predicted molar refractivity (Wildman–Crippen MR) is 75.9 cm³/mol. The second-order valence-corrected chi connectivity index (χ2v) is 4.64. The summed E-state index contributed by atoms with van der Waals surface area (Å²) in [6.45, 7) is 0.702. The molecule has 1 heterocycles. The molecule has 4 nitrogen and oxygen atoms in total. The number of alkyl halides is 1. The van der Waals surface area contributed by atoms with E-state index in [0.29, 0.717) is 18.0 Å². The van der Waals surface area contributed by atoms with Gasteiger partial charge in [-0.3, -0.25) is 4.79 Å². The number of amides is 1. The van der Waals surface area contributed by atoms with E-state index in [1.54, 1.807) is 18.3 Å². The summed E-state index contributed by atoms with van der Waals surface area (Å²) < 4.78 is 6.21. The molecule has 0 aliphatic carbocycles. The molecule has 0 aliphatic rings. The number of hydrogen-bond donors (Lipinski definition) is 1. The molecule has 0 fully saturated rings. The molecule has 0 saturated heterocycles. The normalized spacial score (nSPS) is 10.0. The first-order valence-corrected chi connectivity index (χ1v) is 7.15. The maximum absolute atomic E-state index is 11.8. The molecule has 0 bridgehead atoms. The zero-order valence-electron chi connectivity index (χ0n) is 9.91. The Kier molecular flexibility index (Phi) is 6.91. The highest BCUT2D eigenvalue weighted by molar-refractivity contribution is 14.1.